The van der Waals surface area contributed by atoms with Gasteiger partial charge in [0.05, 0.1) is 0 Å². The Morgan fingerprint density at radius 2 is 1.89 bits per heavy atom. The van der Waals surface area contributed by atoms with Crippen LogP contribution in [0.25, 0.3) is 0 Å². The molecule has 0 aliphatic carbocycles. The highest BCUT2D eigenvalue weighted by atomic mass is 19.1. The lowest BCUT2D eigenvalue weighted by molar-refractivity contribution is 0.160. The molecule has 1 rings (SSSR count). The highest BCUT2D eigenvalue weighted by molar-refractivity contribution is 5.21. The summed E-state index contributed by atoms with van der Waals surface area (Å²) in [5.41, 5.74) is 5.87. The van der Waals surface area contributed by atoms with Crippen molar-refractivity contribution in [3.05, 3.63) is 30.1 Å². The molecule has 4 heteroatoms. The molecule has 0 saturated heterocycles. The molecule has 0 atom stereocenters. The molecule has 3 nitrogen and oxygen atoms in total. The van der Waals surface area contributed by atoms with Crippen molar-refractivity contribution in [2.24, 2.45) is 11.1 Å². The SMILES string of the molecule is CCN(CCOc1ccc(F)cc1)CC(C)(C)CN. The van der Waals surface area contributed by atoms with Gasteiger partial charge in [-0.2, -0.15) is 0 Å². The summed E-state index contributed by atoms with van der Waals surface area (Å²) in [5, 5.41) is 0. The summed E-state index contributed by atoms with van der Waals surface area (Å²) < 4.78 is 18.3. The first-order valence-corrected chi connectivity index (χ1v) is 6.77. The lowest BCUT2D eigenvalue weighted by Gasteiger charge is -2.30. The van der Waals surface area contributed by atoms with E-state index in [1.165, 1.54) is 12.1 Å². The van der Waals surface area contributed by atoms with Crippen LogP contribution in [0, 0.1) is 11.2 Å². The minimum absolute atomic E-state index is 0.117. The van der Waals surface area contributed by atoms with Crippen molar-refractivity contribution in [3.63, 3.8) is 0 Å². The summed E-state index contributed by atoms with van der Waals surface area (Å²) in [6, 6.07) is 6.11. The molecule has 0 spiro atoms. The third kappa shape index (κ3) is 6.03. The first-order chi connectivity index (χ1) is 8.96. The first-order valence-electron chi connectivity index (χ1n) is 6.77. The molecule has 0 amide bonds. The van der Waals surface area contributed by atoms with E-state index in [0.29, 0.717) is 18.9 Å². The highest BCUT2D eigenvalue weighted by Crippen LogP contribution is 2.15. The quantitative estimate of drug-likeness (QED) is 0.787. The number of hydrogen-bond donors (Lipinski definition) is 1. The Hall–Kier alpha value is -1.13. The van der Waals surface area contributed by atoms with Crippen molar-refractivity contribution in [1.29, 1.82) is 0 Å². The van der Waals surface area contributed by atoms with E-state index in [9.17, 15) is 4.39 Å². The van der Waals surface area contributed by atoms with Gasteiger partial charge in [-0.15, -0.1) is 0 Å². The van der Waals surface area contributed by atoms with Gasteiger partial charge in [-0.25, -0.2) is 4.39 Å². The van der Waals surface area contributed by atoms with Gasteiger partial charge >= 0.3 is 0 Å². The average Bonchev–Trinajstić information content (AvgIpc) is 2.39. The molecule has 0 unspecified atom stereocenters. The number of rotatable bonds is 8. The Bertz CT molecular complexity index is 365. The molecule has 19 heavy (non-hydrogen) atoms. The van der Waals surface area contributed by atoms with E-state index in [4.69, 9.17) is 10.5 Å². The number of hydrogen-bond acceptors (Lipinski definition) is 3. The van der Waals surface area contributed by atoms with Crippen molar-refractivity contribution in [1.82, 2.24) is 4.90 Å². The van der Waals surface area contributed by atoms with Crippen molar-refractivity contribution >= 4 is 0 Å². The van der Waals surface area contributed by atoms with E-state index in [-0.39, 0.29) is 11.2 Å². The number of halogens is 1. The molecular formula is C15H25FN2O. The van der Waals surface area contributed by atoms with Gasteiger partial charge in [0, 0.05) is 13.1 Å². The molecule has 0 bridgehead atoms. The number of nitrogens with zero attached hydrogens (tertiary/aromatic N) is 1. The Kier molecular flexibility index (Phi) is 6.25. The molecule has 2 N–H and O–H groups in total. The van der Waals surface area contributed by atoms with E-state index in [0.717, 1.165) is 19.6 Å². The summed E-state index contributed by atoms with van der Waals surface area (Å²) in [5.74, 6) is 0.461. The third-order valence-corrected chi connectivity index (χ3v) is 3.14. The zero-order valence-corrected chi connectivity index (χ0v) is 12.2. The Morgan fingerprint density at radius 3 is 2.42 bits per heavy atom. The van der Waals surface area contributed by atoms with E-state index in [2.05, 4.69) is 25.7 Å². The average molecular weight is 268 g/mol. The van der Waals surface area contributed by atoms with Crippen molar-refractivity contribution in [2.75, 3.05) is 32.8 Å². The minimum atomic E-state index is -0.243. The second kappa shape index (κ2) is 7.46. The molecular weight excluding hydrogens is 243 g/mol. The van der Waals surface area contributed by atoms with Crippen LogP contribution in [0.3, 0.4) is 0 Å². The van der Waals surface area contributed by atoms with Gasteiger partial charge in [-0.1, -0.05) is 20.8 Å². The van der Waals surface area contributed by atoms with E-state index >= 15 is 0 Å². The largest absolute Gasteiger partial charge is 0.492 e. The maximum atomic E-state index is 12.7. The maximum absolute atomic E-state index is 12.7. The van der Waals surface area contributed by atoms with Crippen LogP contribution in [0.1, 0.15) is 20.8 Å². The predicted molar refractivity (Wildman–Crippen MR) is 76.8 cm³/mol. The van der Waals surface area contributed by atoms with Crippen LogP contribution >= 0.6 is 0 Å². The van der Waals surface area contributed by atoms with Crippen LogP contribution < -0.4 is 10.5 Å². The normalized spacial score (nSPS) is 11.9. The van der Waals surface area contributed by atoms with E-state index < -0.39 is 0 Å². The number of benzene rings is 1. The van der Waals surface area contributed by atoms with Gasteiger partial charge in [0.25, 0.3) is 0 Å². The van der Waals surface area contributed by atoms with E-state index in [1.807, 2.05) is 0 Å². The van der Waals surface area contributed by atoms with Gasteiger partial charge in [0.1, 0.15) is 18.2 Å². The van der Waals surface area contributed by atoms with Crippen LogP contribution in [0.15, 0.2) is 24.3 Å². The minimum Gasteiger partial charge on any atom is -0.492 e. The fourth-order valence-electron chi connectivity index (χ4n) is 1.84. The van der Waals surface area contributed by atoms with Crippen molar-refractivity contribution < 1.29 is 9.13 Å². The molecule has 108 valence electrons. The van der Waals surface area contributed by atoms with Crippen LogP contribution in [0.4, 0.5) is 4.39 Å². The van der Waals surface area contributed by atoms with Crippen LogP contribution in [0.2, 0.25) is 0 Å². The topological polar surface area (TPSA) is 38.5 Å². The van der Waals surface area contributed by atoms with Gasteiger partial charge in [-0.3, -0.25) is 4.90 Å². The van der Waals surface area contributed by atoms with Crippen molar-refractivity contribution in [2.45, 2.75) is 20.8 Å². The molecule has 0 fully saturated rings. The summed E-state index contributed by atoms with van der Waals surface area (Å²) in [4.78, 5) is 2.32. The molecule has 0 heterocycles. The molecule has 0 aliphatic rings. The Balaban J connectivity index is 2.35. The maximum Gasteiger partial charge on any atom is 0.123 e. The van der Waals surface area contributed by atoms with Gasteiger partial charge < -0.3 is 10.5 Å². The summed E-state index contributed by atoms with van der Waals surface area (Å²) in [6.45, 7) is 10.5. The summed E-state index contributed by atoms with van der Waals surface area (Å²) in [7, 11) is 0. The smallest absolute Gasteiger partial charge is 0.123 e. The first kappa shape index (κ1) is 15.9. The molecule has 0 radical (unpaired) electrons. The number of likely N-dealkylation sites (N-methyl/N-ethyl adjacent to an activating group) is 1. The lowest BCUT2D eigenvalue weighted by Crippen LogP contribution is -2.40. The van der Waals surface area contributed by atoms with E-state index in [1.54, 1.807) is 12.1 Å². The molecule has 1 aromatic rings. The Labute approximate surface area is 115 Å². The second-order valence-electron chi connectivity index (χ2n) is 5.54. The summed E-state index contributed by atoms with van der Waals surface area (Å²) >= 11 is 0. The lowest BCUT2D eigenvalue weighted by atomic mass is 9.93. The van der Waals surface area contributed by atoms with Crippen molar-refractivity contribution in [3.8, 4) is 5.75 Å². The third-order valence-electron chi connectivity index (χ3n) is 3.14. The second-order valence-corrected chi connectivity index (χ2v) is 5.54. The highest BCUT2D eigenvalue weighted by Gasteiger charge is 2.19. The standard InChI is InChI=1S/C15H25FN2O/c1-4-18(12-15(2,3)11-17)9-10-19-14-7-5-13(16)6-8-14/h5-8H,4,9-12,17H2,1-3H3. The Morgan fingerprint density at radius 1 is 1.26 bits per heavy atom. The number of nitrogens with two attached hydrogens (primary N) is 1. The fourth-order valence-corrected chi connectivity index (χ4v) is 1.84. The zero-order valence-electron chi connectivity index (χ0n) is 12.2. The molecule has 1 aromatic carbocycles. The predicted octanol–water partition coefficient (Wildman–Crippen LogP) is 2.51. The molecule has 0 aliphatic heterocycles. The fraction of sp³-hybridized carbons (Fsp3) is 0.600. The van der Waals surface area contributed by atoms with Crippen LogP contribution in [-0.2, 0) is 0 Å². The molecule has 0 saturated carbocycles. The molecule has 0 aromatic heterocycles. The van der Waals surface area contributed by atoms with Crippen LogP contribution in [-0.4, -0.2) is 37.7 Å². The zero-order chi connectivity index (χ0) is 14.3. The summed E-state index contributed by atoms with van der Waals surface area (Å²) in [6.07, 6.45) is 0. The monoisotopic (exact) mass is 268 g/mol. The number of ether oxygens (including phenoxy) is 1. The van der Waals surface area contributed by atoms with Gasteiger partial charge in [0.2, 0.25) is 0 Å². The van der Waals surface area contributed by atoms with Crippen LogP contribution in [0.5, 0.6) is 5.75 Å². The van der Waals surface area contributed by atoms with Gasteiger partial charge in [-0.05, 0) is 42.8 Å². The van der Waals surface area contributed by atoms with Gasteiger partial charge in [0.15, 0.2) is 0 Å².